The third-order valence-corrected chi connectivity index (χ3v) is 2.27. The monoisotopic (exact) mass is 192 g/mol. The Bertz CT molecular complexity index is 267. The fraction of sp³-hybridized carbons (Fsp3) is 0.750. The summed E-state index contributed by atoms with van der Waals surface area (Å²) in [6.07, 6.45) is 7.41. The topological polar surface area (TPSA) is 97.5 Å². The van der Waals surface area contributed by atoms with Crippen LogP contribution in [0.2, 0.25) is 0 Å². The standard InChI is InChI=1S/C8H12N6/c9-13-11-7-5-3-1-2-4-6-8(7)12-14-10/h1-2,7-8H,3-6H2/b2-1-. The van der Waals surface area contributed by atoms with Crippen LogP contribution in [0.3, 0.4) is 0 Å². The van der Waals surface area contributed by atoms with Crippen molar-refractivity contribution in [2.75, 3.05) is 0 Å². The van der Waals surface area contributed by atoms with Crippen LogP contribution in [0.4, 0.5) is 0 Å². The van der Waals surface area contributed by atoms with E-state index in [9.17, 15) is 0 Å². The average Bonchev–Trinajstić information content (AvgIpc) is 2.16. The lowest BCUT2D eigenvalue weighted by Gasteiger charge is -2.19. The summed E-state index contributed by atoms with van der Waals surface area (Å²) >= 11 is 0. The fourth-order valence-corrected chi connectivity index (χ4v) is 1.56. The largest absolute Gasteiger partial charge is 0.0902 e. The van der Waals surface area contributed by atoms with Crippen LogP contribution in [0.25, 0.3) is 20.9 Å². The van der Waals surface area contributed by atoms with Crippen molar-refractivity contribution in [3.63, 3.8) is 0 Å². The van der Waals surface area contributed by atoms with Crippen molar-refractivity contribution in [1.82, 2.24) is 0 Å². The maximum atomic E-state index is 8.37. The van der Waals surface area contributed by atoms with Crippen LogP contribution in [0.15, 0.2) is 22.4 Å². The lowest BCUT2D eigenvalue weighted by Crippen LogP contribution is -2.22. The molecule has 6 heteroatoms. The lowest BCUT2D eigenvalue weighted by molar-refractivity contribution is 0.465. The lowest BCUT2D eigenvalue weighted by atomic mass is 9.97. The Kier molecular flexibility index (Phi) is 4.41. The van der Waals surface area contributed by atoms with E-state index in [1.807, 2.05) is 0 Å². The van der Waals surface area contributed by atoms with E-state index in [-0.39, 0.29) is 12.1 Å². The van der Waals surface area contributed by atoms with Crippen molar-refractivity contribution < 1.29 is 0 Å². The Morgan fingerprint density at radius 3 is 1.71 bits per heavy atom. The van der Waals surface area contributed by atoms with Gasteiger partial charge in [0.1, 0.15) is 0 Å². The van der Waals surface area contributed by atoms with Crippen molar-refractivity contribution in [2.24, 2.45) is 10.2 Å². The second-order valence-electron chi connectivity index (χ2n) is 3.17. The van der Waals surface area contributed by atoms with Gasteiger partial charge in [0, 0.05) is 21.9 Å². The number of allylic oxidation sites excluding steroid dienone is 2. The van der Waals surface area contributed by atoms with E-state index in [4.69, 9.17) is 11.1 Å². The van der Waals surface area contributed by atoms with Gasteiger partial charge >= 0.3 is 0 Å². The van der Waals surface area contributed by atoms with E-state index in [1.165, 1.54) is 0 Å². The van der Waals surface area contributed by atoms with Crippen LogP contribution in [0, 0.1) is 0 Å². The minimum absolute atomic E-state index is 0.194. The zero-order chi connectivity index (χ0) is 10.2. The van der Waals surface area contributed by atoms with Crippen molar-refractivity contribution in [2.45, 2.75) is 37.8 Å². The molecule has 0 N–H and O–H groups in total. The third kappa shape index (κ3) is 3.01. The van der Waals surface area contributed by atoms with E-state index in [0.29, 0.717) is 0 Å². The molecule has 0 aliphatic heterocycles. The molecule has 74 valence electrons. The molecule has 0 spiro atoms. The Hall–Kier alpha value is -1.64. The molecule has 0 saturated heterocycles. The first kappa shape index (κ1) is 10.4. The molecule has 1 rings (SSSR count). The minimum atomic E-state index is -0.194. The van der Waals surface area contributed by atoms with Crippen LogP contribution in [0.1, 0.15) is 25.7 Å². The highest BCUT2D eigenvalue weighted by atomic mass is 15.2. The number of hydrogen-bond donors (Lipinski definition) is 0. The molecule has 14 heavy (non-hydrogen) atoms. The predicted molar refractivity (Wildman–Crippen MR) is 53.5 cm³/mol. The highest BCUT2D eigenvalue weighted by Crippen LogP contribution is 2.19. The predicted octanol–water partition coefficient (Wildman–Crippen LogP) is 3.47. The zero-order valence-electron chi connectivity index (χ0n) is 7.82. The van der Waals surface area contributed by atoms with Gasteiger partial charge in [0.05, 0.1) is 0 Å². The summed E-state index contributed by atoms with van der Waals surface area (Å²) in [6, 6.07) is -0.387. The second kappa shape index (κ2) is 5.91. The van der Waals surface area contributed by atoms with Gasteiger partial charge in [-0.15, -0.1) is 0 Å². The maximum absolute atomic E-state index is 8.37. The molecule has 1 aliphatic carbocycles. The summed E-state index contributed by atoms with van der Waals surface area (Å²) in [6.45, 7) is 0. The van der Waals surface area contributed by atoms with Crippen LogP contribution in [-0.4, -0.2) is 12.1 Å². The van der Waals surface area contributed by atoms with Crippen molar-refractivity contribution in [1.29, 1.82) is 0 Å². The molecule has 0 aromatic heterocycles. The Morgan fingerprint density at radius 1 is 0.929 bits per heavy atom. The minimum Gasteiger partial charge on any atom is -0.0902 e. The zero-order valence-corrected chi connectivity index (χ0v) is 7.82. The second-order valence-corrected chi connectivity index (χ2v) is 3.17. The van der Waals surface area contributed by atoms with Gasteiger partial charge in [-0.3, -0.25) is 0 Å². The first-order chi connectivity index (χ1) is 6.88. The highest BCUT2D eigenvalue weighted by Gasteiger charge is 2.18. The van der Waals surface area contributed by atoms with Gasteiger partial charge in [0.25, 0.3) is 0 Å². The summed E-state index contributed by atoms with van der Waals surface area (Å²) in [5, 5.41) is 7.33. The molecule has 1 aliphatic rings. The summed E-state index contributed by atoms with van der Waals surface area (Å²) < 4.78 is 0. The quantitative estimate of drug-likeness (QED) is 0.277. The molecule has 2 atom stereocenters. The van der Waals surface area contributed by atoms with Gasteiger partial charge in [-0.2, -0.15) is 0 Å². The van der Waals surface area contributed by atoms with E-state index in [1.54, 1.807) is 0 Å². The van der Waals surface area contributed by atoms with Crippen molar-refractivity contribution in [3.8, 4) is 0 Å². The van der Waals surface area contributed by atoms with Gasteiger partial charge in [-0.05, 0) is 36.7 Å². The average molecular weight is 192 g/mol. The van der Waals surface area contributed by atoms with Crippen LogP contribution in [0.5, 0.6) is 0 Å². The summed E-state index contributed by atoms with van der Waals surface area (Å²) in [5.41, 5.74) is 16.7. The van der Waals surface area contributed by atoms with Gasteiger partial charge in [-0.1, -0.05) is 22.4 Å². The molecular weight excluding hydrogens is 180 g/mol. The first-order valence-electron chi connectivity index (χ1n) is 4.62. The summed E-state index contributed by atoms with van der Waals surface area (Å²) in [4.78, 5) is 5.56. The summed E-state index contributed by atoms with van der Waals surface area (Å²) in [5.74, 6) is 0. The smallest absolute Gasteiger partial charge is 0.0461 e. The number of nitrogens with zero attached hydrogens (tertiary/aromatic N) is 6. The van der Waals surface area contributed by atoms with Gasteiger partial charge in [0.15, 0.2) is 0 Å². The third-order valence-electron chi connectivity index (χ3n) is 2.27. The van der Waals surface area contributed by atoms with Crippen molar-refractivity contribution >= 4 is 0 Å². The van der Waals surface area contributed by atoms with Crippen LogP contribution >= 0.6 is 0 Å². The van der Waals surface area contributed by atoms with Gasteiger partial charge in [0.2, 0.25) is 0 Å². The van der Waals surface area contributed by atoms with E-state index >= 15 is 0 Å². The number of rotatable bonds is 2. The molecule has 0 bridgehead atoms. The fourth-order valence-electron chi connectivity index (χ4n) is 1.56. The SMILES string of the molecule is [N-]=[N+]=NC1CC/C=C\CCC1N=[N+]=[N-]. The number of azide groups is 2. The molecule has 6 nitrogen and oxygen atoms in total. The van der Waals surface area contributed by atoms with Gasteiger partial charge in [-0.25, -0.2) is 0 Å². The molecular formula is C8H12N6. The molecule has 0 amide bonds. The summed E-state index contributed by atoms with van der Waals surface area (Å²) in [7, 11) is 0. The van der Waals surface area contributed by atoms with E-state index < -0.39 is 0 Å². The Labute approximate surface area is 81.9 Å². The molecule has 2 unspecified atom stereocenters. The highest BCUT2D eigenvalue weighted by molar-refractivity contribution is 4.93. The molecule has 0 saturated carbocycles. The Morgan fingerprint density at radius 2 is 1.36 bits per heavy atom. The Balaban J connectivity index is 2.76. The molecule has 0 fully saturated rings. The van der Waals surface area contributed by atoms with Crippen LogP contribution in [-0.2, 0) is 0 Å². The first-order valence-corrected chi connectivity index (χ1v) is 4.62. The van der Waals surface area contributed by atoms with Crippen molar-refractivity contribution in [3.05, 3.63) is 33.0 Å². The normalized spacial score (nSPS) is 28.9. The molecule has 0 radical (unpaired) electrons. The number of hydrogen-bond acceptors (Lipinski definition) is 2. The molecule has 0 aromatic carbocycles. The molecule has 0 aromatic rings. The van der Waals surface area contributed by atoms with E-state index in [0.717, 1.165) is 25.7 Å². The molecule has 0 heterocycles. The van der Waals surface area contributed by atoms with Crippen LogP contribution < -0.4 is 0 Å². The van der Waals surface area contributed by atoms with E-state index in [2.05, 4.69) is 32.2 Å². The van der Waals surface area contributed by atoms with Gasteiger partial charge < -0.3 is 0 Å². The maximum Gasteiger partial charge on any atom is 0.0461 e.